The van der Waals surface area contributed by atoms with E-state index in [9.17, 15) is 9.90 Å². The van der Waals surface area contributed by atoms with E-state index < -0.39 is 17.9 Å². The van der Waals surface area contributed by atoms with E-state index in [4.69, 9.17) is 25.5 Å². The number of rotatable bonds is 7. The maximum atomic E-state index is 12.1. The second kappa shape index (κ2) is 6.96. The molecule has 1 rings (SSSR count). The molecular formula is C12H22N4O5. The Labute approximate surface area is 122 Å². The van der Waals surface area contributed by atoms with Gasteiger partial charge in [-0.2, -0.15) is 0 Å². The van der Waals surface area contributed by atoms with E-state index in [0.717, 1.165) is 0 Å². The quantitative estimate of drug-likeness (QED) is 0.477. The van der Waals surface area contributed by atoms with Gasteiger partial charge in [0.15, 0.2) is 5.69 Å². The van der Waals surface area contributed by atoms with Crippen LogP contribution in [-0.2, 0) is 15.3 Å². The van der Waals surface area contributed by atoms with Crippen LogP contribution in [-0.4, -0.2) is 43.0 Å². The second-order valence-corrected chi connectivity index (χ2v) is 4.70. The smallest absolute Gasteiger partial charge is 0.273 e. The van der Waals surface area contributed by atoms with Gasteiger partial charge in [-0.05, 0) is 13.8 Å². The third-order valence-electron chi connectivity index (χ3n) is 3.01. The Morgan fingerprint density at radius 1 is 1.48 bits per heavy atom. The lowest BCUT2D eigenvalue weighted by Gasteiger charge is -2.21. The molecule has 0 aliphatic rings. The maximum Gasteiger partial charge on any atom is 0.273 e. The van der Waals surface area contributed by atoms with Gasteiger partial charge >= 0.3 is 0 Å². The van der Waals surface area contributed by atoms with Crippen LogP contribution < -0.4 is 16.8 Å². The van der Waals surface area contributed by atoms with Crippen molar-refractivity contribution >= 4 is 5.91 Å². The fourth-order valence-electron chi connectivity index (χ4n) is 1.63. The van der Waals surface area contributed by atoms with Crippen LogP contribution in [0.15, 0.2) is 4.52 Å². The molecule has 0 aromatic carbocycles. The van der Waals surface area contributed by atoms with Crippen molar-refractivity contribution in [1.82, 2.24) is 10.5 Å². The molecule has 1 aromatic rings. The number of ether oxygens (including phenoxy) is 2. The summed E-state index contributed by atoms with van der Waals surface area (Å²) in [5.74, 6) is -2.43. The monoisotopic (exact) mass is 302 g/mol. The minimum absolute atomic E-state index is 0.0874. The van der Waals surface area contributed by atoms with Crippen LogP contribution in [0.2, 0.25) is 0 Å². The van der Waals surface area contributed by atoms with Gasteiger partial charge in [-0.1, -0.05) is 5.16 Å². The van der Waals surface area contributed by atoms with Crippen LogP contribution >= 0.6 is 0 Å². The first kappa shape index (κ1) is 17.5. The number of amides is 1. The molecule has 2 unspecified atom stereocenters. The Hall–Kier alpha value is -1.52. The van der Waals surface area contributed by atoms with Gasteiger partial charge in [-0.15, -0.1) is 0 Å². The van der Waals surface area contributed by atoms with Gasteiger partial charge in [-0.25, -0.2) is 0 Å². The van der Waals surface area contributed by atoms with Gasteiger partial charge in [0, 0.05) is 20.8 Å². The van der Waals surface area contributed by atoms with E-state index in [0.29, 0.717) is 0 Å². The Morgan fingerprint density at radius 3 is 2.57 bits per heavy atom. The van der Waals surface area contributed by atoms with Gasteiger partial charge in [-0.3, -0.25) is 16.3 Å². The number of nitrogens with one attached hydrogen (secondary N) is 1. The summed E-state index contributed by atoms with van der Waals surface area (Å²) in [6.45, 7) is 3.51. The van der Waals surface area contributed by atoms with E-state index in [1.54, 1.807) is 6.92 Å². The van der Waals surface area contributed by atoms with Gasteiger partial charge in [0.1, 0.15) is 0 Å². The highest BCUT2D eigenvalue weighted by Gasteiger charge is 2.36. The van der Waals surface area contributed by atoms with Gasteiger partial charge in [0.2, 0.25) is 11.6 Å². The molecule has 0 aliphatic heterocycles. The topological polar surface area (TPSA) is 146 Å². The van der Waals surface area contributed by atoms with E-state index in [1.807, 2.05) is 0 Å². The number of hydrogen-bond acceptors (Lipinski definition) is 8. The van der Waals surface area contributed by atoms with E-state index in [-0.39, 0.29) is 29.7 Å². The molecule has 2 atom stereocenters. The first-order valence-corrected chi connectivity index (χ1v) is 6.36. The lowest BCUT2D eigenvalue weighted by atomic mass is 10.0. The Kier molecular flexibility index (Phi) is 5.81. The van der Waals surface area contributed by atoms with Crippen LogP contribution in [0.3, 0.4) is 0 Å². The van der Waals surface area contributed by atoms with E-state index in [2.05, 4.69) is 10.5 Å². The molecule has 0 bridgehead atoms. The number of carbonyl (C=O) groups excluding carboxylic acids is 1. The summed E-state index contributed by atoms with van der Waals surface area (Å²) >= 11 is 0. The minimum atomic E-state index is -1.79. The first-order valence-electron chi connectivity index (χ1n) is 6.36. The van der Waals surface area contributed by atoms with Gasteiger partial charge in [0.05, 0.1) is 17.8 Å². The lowest BCUT2D eigenvalue weighted by Crippen LogP contribution is -2.48. The SMILES string of the molecule is COC(C)CNC(=O)c1noc(C(N)(N)OC)c1C(C)O. The molecule has 1 heterocycles. The summed E-state index contributed by atoms with van der Waals surface area (Å²) in [6.07, 6.45) is -1.23. The molecule has 1 amide bonds. The third kappa shape index (κ3) is 3.99. The van der Waals surface area contributed by atoms with Gasteiger partial charge < -0.3 is 24.4 Å². The second-order valence-electron chi connectivity index (χ2n) is 4.70. The Morgan fingerprint density at radius 2 is 2.10 bits per heavy atom. The highest BCUT2D eigenvalue weighted by atomic mass is 16.5. The number of carbonyl (C=O) groups is 1. The normalized spacial score (nSPS) is 14.8. The van der Waals surface area contributed by atoms with Crippen molar-refractivity contribution < 1.29 is 23.9 Å². The summed E-state index contributed by atoms with van der Waals surface area (Å²) in [7, 11) is 2.80. The van der Waals surface area contributed by atoms with Crippen molar-refractivity contribution in [3.05, 3.63) is 17.0 Å². The molecule has 0 fully saturated rings. The molecule has 0 radical (unpaired) electrons. The molecule has 0 saturated carbocycles. The zero-order chi connectivity index (χ0) is 16.2. The fourth-order valence-corrected chi connectivity index (χ4v) is 1.63. The molecule has 9 nitrogen and oxygen atoms in total. The minimum Gasteiger partial charge on any atom is -0.388 e. The average Bonchev–Trinajstić information content (AvgIpc) is 2.90. The zero-order valence-electron chi connectivity index (χ0n) is 12.5. The van der Waals surface area contributed by atoms with Crippen LogP contribution in [0.5, 0.6) is 0 Å². The highest BCUT2D eigenvalue weighted by Crippen LogP contribution is 2.27. The Bertz CT molecular complexity index is 486. The van der Waals surface area contributed by atoms with Crippen molar-refractivity contribution in [1.29, 1.82) is 0 Å². The maximum absolute atomic E-state index is 12.1. The number of nitrogens with two attached hydrogens (primary N) is 2. The van der Waals surface area contributed by atoms with Crippen molar-refractivity contribution in [2.75, 3.05) is 20.8 Å². The largest absolute Gasteiger partial charge is 0.388 e. The molecule has 21 heavy (non-hydrogen) atoms. The molecule has 6 N–H and O–H groups in total. The number of aliphatic hydroxyl groups excluding tert-OH is 1. The van der Waals surface area contributed by atoms with Crippen molar-refractivity contribution in [3.63, 3.8) is 0 Å². The van der Waals surface area contributed by atoms with Crippen LogP contribution in [0.1, 0.15) is 41.8 Å². The van der Waals surface area contributed by atoms with E-state index in [1.165, 1.54) is 21.1 Å². The van der Waals surface area contributed by atoms with E-state index >= 15 is 0 Å². The van der Waals surface area contributed by atoms with Crippen LogP contribution in [0.4, 0.5) is 0 Å². The number of aliphatic hydroxyl groups is 1. The van der Waals surface area contributed by atoms with Crippen molar-refractivity contribution in [2.45, 2.75) is 31.9 Å². The average molecular weight is 302 g/mol. The standard InChI is InChI=1S/C12H22N4O5/c1-6(19-3)5-15-11(18)9-8(7(2)17)10(21-16-9)12(13,14)20-4/h6-7,17H,5,13-14H2,1-4H3,(H,15,18). The number of aromatic nitrogens is 1. The number of methoxy groups -OCH3 is 2. The Balaban J connectivity index is 3.06. The zero-order valence-corrected chi connectivity index (χ0v) is 12.5. The van der Waals surface area contributed by atoms with Crippen LogP contribution in [0, 0.1) is 0 Å². The number of hydrogen-bond donors (Lipinski definition) is 4. The summed E-state index contributed by atoms with van der Waals surface area (Å²) in [4.78, 5) is 12.1. The molecular weight excluding hydrogens is 280 g/mol. The lowest BCUT2D eigenvalue weighted by molar-refractivity contribution is -0.0281. The number of nitrogens with zero attached hydrogens (tertiary/aromatic N) is 1. The molecule has 9 heteroatoms. The first-order chi connectivity index (χ1) is 9.74. The van der Waals surface area contributed by atoms with Crippen molar-refractivity contribution in [2.24, 2.45) is 11.5 Å². The summed E-state index contributed by atoms with van der Waals surface area (Å²) in [5.41, 5.74) is 11.4. The molecule has 120 valence electrons. The molecule has 0 spiro atoms. The summed E-state index contributed by atoms with van der Waals surface area (Å²) in [6, 6.07) is 0. The molecule has 0 aliphatic carbocycles. The molecule has 0 saturated heterocycles. The van der Waals surface area contributed by atoms with Crippen LogP contribution in [0.25, 0.3) is 0 Å². The third-order valence-corrected chi connectivity index (χ3v) is 3.01. The highest BCUT2D eigenvalue weighted by molar-refractivity contribution is 5.94. The van der Waals surface area contributed by atoms with Gasteiger partial charge in [0.25, 0.3) is 5.91 Å². The van der Waals surface area contributed by atoms with Crippen molar-refractivity contribution in [3.8, 4) is 0 Å². The molecule has 1 aromatic heterocycles. The fraction of sp³-hybridized carbons (Fsp3) is 0.667. The summed E-state index contributed by atoms with van der Waals surface area (Å²) in [5, 5.41) is 16.1. The predicted octanol–water partition coefficient (Wildman–Crippen LogP) is -0.833. The summed E-state index contributed by atoms with van der Waals surface area (Å²) < 4.78 is 14.9. The predicted molar refractivity (Wildman–Crippen MR) is 73.0 cm³/mol.